The number of hydrogen-bond donors (Lipinski definition) is 4. The summed E-state index contributed by atoms with van der Waals surface area (Å²) < 4.78 is 10.6. The normalized spacial score (nSPS) is 10.4. The summed E-state index contributed by atoms with van der Waals surface area (Å²) in [7, 11) is 3.08. The summed E-state index contributed by atoms with van der Waals surface area (Å²) in [5.41, 5.74) is 3.07. The smallest absolute Gasteiger partial charge is 0.337 e. The molecule has 3 aromatic rings. The monoisotopic (exact) mass is 436 g/mol. The topological polar surface area (TPSA) is 117 Å². The first kappa shape index (κ1) is 22.5. The molecule has 0 aliphatic carbocycles. The minimum Gasteiger partial charge on any atom is -0.496 e. The van der Waals surface area contributed by atoms with Crippen molar-refractivity contribution in [2.75, 3.05) is 24.9 Å². The van der Waals surface area contributed by atoms with E-state index in [1.807, 2.05) is 26.0 Å². The third-order valence-electron chi connectivity index (χ3n) is 4.99. The number of rotatable bonds is 8. The fourth-order valence-electron chi connectivity index (χ4n) is 3.27. The van der Waals surface area contributed by atoms with Crippen LogP contribution in [0.25, 0.3) is 0 Å². The lowest BCUT2D eigenvalue weighted by atomic mass is 10.0. The van der Waals surface area contributed by atoms with E-state index >= 15 is 0 Å². The van der Waals surface area contributed by atoms with Crippen LogP contribution in [-0.4, -0.2) is 36.4 Å². The van der Waals surface area contributed by atoms with Gasteiger partial charge in [-0.1, -0.05) is 12.1 Å². The van der Waals surface area contributed by atoms with Gasteiger partial charge in [-0.2, -0.15) is 0 Å². The number of carboxylic acid groups (broad SMARTS) is 2. The van der Waals surface area contributed by atoms with Crippen LogP contribution in [0, 0.1) is 13.8 Å². The zero-order valence-corrected chi connectivity index (χ0v) is 18.1. The predicted molar refractivity (Wildman–Crippen MR) is 122 cm³/mol. The quantitative estimate of drug-likeness (QED) is 0.380. The van der Waals surface area contributed by atoms with Gasteiger partial charge in [0.05, 0.1) is 36.7 Å². The molecule has 0 bridgehead atoms. The lowest BCUT2D eigenvalue weighted by Gasteiger charge is -2.17. The molecule has 0 aliphatic heterocycles. The molecule has 0 saturated carbocycles. The molecule has 0 fully saturated rings. The maximum Gasteiger partial charge on any atom is 0.337 e. The number of methoxy groups -OCH3 is 2. The Morgan fingerprint density at radius 1 is 0.688 bits per heavy atom. The van der Waals surface area contributed by atoms with Crippen LogP contribution in [0.5, 0.6) is 11.5 Å². The maximum atomic E-state index is 12.0. The number of ether oxygens (including phenoxy) is 2. The zero-order chi connectivity index (χ0) is 23.4. The van der Waals surface area contributed by atoms with Crippen molar-refractivity contribution >= 4 is 34.7 Å². The van der Waals surface area contributed by atoms with Crippen LogP contribution in [0.1, 0.15) is 31.8 Å². The summed E-state index contributed by atoms with van der Waals surface area (Å²) in [4.78, 5) is 23.9. The van der Waals surface area contributed by atoms with Gasteiger partial charge in [0.1, 0.15) is 11.5 Å². The van der Waals surface area contributed by atoms with Gasteiger partial charge >= 0.3 is 11.9 Å². The van der Waals surface area contributed by atoms with E-state index in [0.717, 1.165) is 11.1 Å². The van der Waals surface area contributed by atoms with Crippen LogP contribution in [-0.2, 0) is 0 Å². The largest absolute Gasteiger partial charge is 0.496 e. The Balaban J connectivity index is 2.06. The van der Waals surface area contributed by atoms with Gasteiger partial charge in [-0.15, -0.1) is 0 Å². The molecule has 8 heteroatoms. The van der Waals surface area contributed by atoms with Crippen molar-refractivity contribution in [3.05, 3.63) is 70.8 Å². The minimum absolute atomic E-state index is 0.0869. The highest BCUT2D eigenvalue weighted by Crippen LogP contribution is 2.33. The molecule has 0 radical (unpaired) electrons. The molecule has 166 valence electrons. The molecule has 0 saturated heterocycles. The predicted octanol–water partition coefficient (Wildman–Crippen LogP) is 5.20. The summed E-state index contributed by atoms with van der Waals surface area (Å²) >= 11 is 0. The Morgan fingerprint density at radius 3 is 1.38 bits per heavy atom. The molecule has 32 heavy (non-hydrogen) atoms. The van der Waals surface area contributed by atoms with E-state index in [2.05, 4.69) is 10.6 Å². The average molecular weight is 436 g/mol. The van der Waals surface area contributed by atoms with Crippen molar-refractivity contribution in [2.45, 2.75) is 13.8 Å². The number of carbonyl (C=O) groups is 2. The van der Waals surface area contributed by atoms with Gasteiger partial charge in [-0.25, -0.2) is 9.59 Å². The summed E-state index contributed by atoms with van der Waals surface area (Å²) in [5.74, 6) is -1.16. The Labute approximate surface area is 185 Å². The number of benzene rings is 3. The van der Waals surface area contributed by atoms with Crippen molar-refractivity contribution in [3.63, 3.8) is 0 Å². The van der Waals surface area contributed by atoms with Crippen LogP contribution in [0.4, 0.5) is 22.7 Å². The molecule has 4 N–H and O–H groups in total. The van der Waals surface area contributed by atoms with Crippen LogP contribution in [0.2, 0.25) is 0 Å². The molecule has 0 aromatic heterocycles. The molecule has 3 rings (SSSR count). The number of aromatic carboxylic acids is 2. The van der Waals surface area contributed by atoms with E-state index in [9.17, 15) is 19.8 Å². The average Bonchev–Trinajstić information content (AvgIpc) is 2.76. The van der Waals surface area contributed by atoms with Crippen molar-refractivity contribution < 1.29 is 29.3 Å². The number of aryl methyl sites for hydroxylation is 2. The fourth-order valence-corrected chi connectivity index (χ4v) is 3.27. The summed E-state index contributed by atoms with van der Waals surface area (Å²) in [5, 5.41) is 25.5. The number of carboxylic acids is 2. The van der Waals surface area contributed by atoms with Gasteiger partial charge in [0.15, 0.2) is 0 Å². The molecule has 0 heterocycles. The summed E-state index contributed by atoms with van der Waals surface area (Å²) in [6.45, 7) is 3.77. The molecule has 0 unspecified atom stereocenters. The van der Waals surface area contributed by atoms with E-state index < -0.39 is 11.9 Å². The van der Waals surface area contributed by atoms with Crippen molar-refractivity contribution in [2.24, 2.45) is 0 Å². The highest BCUT2D eigenvalue weighted by atomic mass is 16.5. The van der Waals surface area contributed by atoms with Crippen molar-refractivity contribution in [1.82, 2.24) is 0 Å². The third-order valence-corrected chi connectivity index (χ3v) is 4.99. The van der Waals surface area contributed by atoms with Crippen LogP contribution in [0.3, 0.4) is 0 Å². The summed E-state index contributed by atoms with van der Waals surface area (Å²) in [6.07, 6.45) is 0. The number of anilines is 4. The molecule has 0 atom stereocenters. The number of nitrogens with one attached hydrogen (secondary N) is 2. The molecular formula is C24H24N2O6. The highest BCUT2D eigenvalue weighted by Gasteiger charge is 2.20. The van der Waals surface area contributed by atoms with Crippen LogP contribution < -0.4 is 20.1 Å². The Bertz CT molecular complexity index is 1100. The Hall–Kier alpha value is -4.20. The second-order valence-corrected chi connectivity index (χ2v) is 7.17. The van der Waals surface area contributed by atoms with Crippen LogP contribution >= 0.6 is 0 Å². The first-order chi connectivity index (χ1) is 15.2. The molecular weight excluding hydrogens is 412 g/mol. The summed E-state index contributed by atoms with van der Waals surface area (Å²) in [6, 6.07) is 13.2. The van der Waals surface area contributed by atoms with Crippen molar-refractivity contribution in [1.29, 1.82) is 0 Å². The lowest BCUT2D eigenvalue weighted by Crippen LogP contribution is -2.09. The molecule has 8 nitrogen and oxygen atoms in total. The first-order valence-electron chi connectivity index (χ1n) is 9.71. The zero-order valence-electron chi connectivity index (χ0n) is 18.1. The molecule has 0 aliphatic rings. The standard InChI is InChI=1S/C24H24N2O6/c1-13-5-7-15(9-21(13)31-3)25-19-11-18(24(29)30)20(12-17(19)23(27)28)26-16-8-6-14(2)22(10-16)32-4/h5-12,25-26H,1-4H3,(H,27,28)(H,29,30). The molecule has 3 aromatic carbocycles. The van der Waals surface area contributed by atoms with Gasteiger partial charge in [0.2, 0.25) is 0 Å². The van der Waals surface area contributed by atoms with E-state index in [1.165, 1.54) is 26.4 Å². The minimum atomic E-state index is -1.20. The van der Waals surface area contributed by atoms with Gasteiger partial charge in [-0.05, 0) is 49.2 Å². The van der Waals surface area contributed by atoms with Gasteiger partial charge in [-0.3, -0.25) is 0 Å². The number of hydrogen-bond acceptors (Lipinski definition) is 6. The van der Waals surface area contributed by atoms with E-state index in [4.69, 9.17) is 9.47 Å². The van der Waals surface area contributed by atoms with E-state index in [-0.39, 0.29) is 22.5 Å². The van der Waals surface area contributed by atoms with E-state index in [1.54, 1.807) is 24.3 Å². The van der Waals surface area contributed by atoms with Gasteiger partial charge < -0.3 is 30.3 Å². The molecule has 0 spiro atoms. The van der Waals surface area contributed by atoms with Gasteiger partial charge in [0.25, 0.3) is 0 Å². The maximum absolute atomic E-state index is 12.0. The van der Waals surface area contributed by atoms with E-state index in [0.29, 0.717) is 22.9 Å². The molecule has 0 amide bonds. The first-order valence-corrected chi connectivity index (χ1v) is 9.71. The van der Waals surface area contributed by atoms with Crippen molar-refractivity contribution in [3.8, 4) is 11.5 Å². The Kier molecular flexibility index (Phi) is 6.53. The fraction of sp³-hybridized carbons (Fsp3) is 0.167. The van der Waals surface area contributed by atoms with Gasteiger partial charge in [0, 0.05) is 23.5 Å². The highest BCUT2D eigenvalue weighted by molar-refractivity contribution is 6.03. The lowest BCUT2D eigenvalue weighted by molar-refractivity contribution is 0.0683. The second-order valence-electron chi connectivity index (χ2n) is 7.17. The van der Waals surface area contributed by atoms with Crippen LogP contribution in [0.15, 0.2) is 48.5 Å². The Morgan fingerprint density at radius 2 is 1.06 bits per heavy atom. The second kappa shape index (κ2) is 9.30. The third kappa shape index (κ3) is 4.75. The SMILES string of the molecule is COc1cc(Nc2cc(C(=O)O)c(Nc3ccc(C)c(OC)c3)cc2C(=O)O)ccc1C.